The normalized spacial score (nSPS) is 19.2. The Morgan fingerprint density at radius 1 is 1.19 bits per heavy atom. The lowest BCUT2D eigenvalue weighted by Crippen LogP contribution is -2.42. The largest absolute Gasteiger partial charge is 0.379 e. The number of carbonyl (C=O) groups is 2. The number of Topliss-reactive ketones (excluding diaryl/α,β-unsaturated/α-hetero) is 1. The summed E-state index contributed by atoms with van der Waals surface area (Å²) in [6.45, 7) is 3.96. The highest BCUT2D eigenvalue weighted by Gasteiger charge is 2.36. The van der Waals surface area contributed by atoms with E-state index in [2.05, 4.69) is 20.8 Å². The van der Waals surface area contributed by atoms with E-state index in [-0.39, 0.29) is 10.0 Å². The van der Waals surface area contributed by atoms with Crippen LogP contribution in [0.25, 0.3) is 0 Å². The summed E-state index contributed by atoms with van der Waals surface area (Å²) in [5.41, 5.74) is 0.620. The summed E-state index contributed by atoms with van der Waals surface area (Å²) >= 11 is 3.04. The molecule has 2 heterocycles. The highest BCUT2D eigenvalue weighted by molar-refractivity contribution is 9.10. The summed E-state index contributed by atoms with van der Waals surface area (Å²) in [6, 6.07) is 2.61. The van der Waals surface area contributed by atoms with Crippen molar-refractivity contribution in [2.24, 2.45) is 0 Å². The SMILES string of the molecule is O=C1C(=O)N(CCN2CCOCC2)c2cc(F)c(Br)cc21. The van der Waals surface area contributed by atoms with Crippen LogP contribution in [0.1, 0.15) is 10.4 Å². The highest BCUT2D eigenvalue weighted by atomic mass is 79.9. The minimum Gasteiger partial charge on any atom is -0.379 e. The first kappa shape index (κ1) is 14.6. The Bertz CT molecular complexity index is 602. The molecule has 112 valence electrons. The number of halogens is 2. The maximum Gasteiger partial charge on any atom is 0.299 e. The molecule has 1 aromatic rings. The van der Waals surface area contributed by atoms with Gasteiger partial charge in [-0.05, 0) is 28.1 Å². The van der Waals surface area contributed by atoms with Crippen molar-refractivity contribution in [3.63, 3.8) is 0 Å². The van der Waals surface area contributed by atoms with Crippen molar-refractivity contribution in [2.45, 2.75) is 0 Å². The number of anilines is 1. The van der Waals surface area contributed by atoms with Gasteiger partial charge in [0.2, 0.25) is 0 Å². The molecule has 1 amide bonds. The second-order valence-electron chi connectivity index (χ2n) is 5.02. The first-order valence-corrected chi connectivity index (χ1v) is 7.52. The number of ketones is 1. The smallest absolute Gasteiger partial charge is 0.299 e. The average Bonchev–Trinajstić information content (AvgIpc) is 2.71. The van der Waals surface area contributed by atoms with Gasteiger partial charge in [-0.1, -0.05) is 0 Å². The van der Waals surface area contributed by atoms with Gasteiger partial charge in [0.15, 0.2) is 0 Å². The van der Waals surface area contributed by atoms with Crippen molar-refractivity contribution in [2.75, 3.05) is 44.3 Å². The van der Waals surface area contributed by atoms with Crippen LogP contribution in [-0.4, -0.2) is 56.0 Å². The van der Waals surface area contributed by atoms with Crippen LogP contribution in [0.4, 0.5) is 10.1 Å². The molecule has 2 aliphatic rings. The number of fused-ring (bicyclic) bond motifs is 1. The molecule has 0 N–H and O–H groups in total. The summed E-state index contributed by atoms with van der Waals surface area (Å²) in [7, 11) is 0. The summed E-state index contributed by atoms with van der Waals surface area (Å²) < 4.78 is 19.1. The number of rotatable bonds is 3. The van der Waals surface area contributed by atoms with E-state index in [1.807, 2.05) is 0 Å². The number of carbonyl (C=O) groups excluding carboxylic acids is 2. The summed E-state index contributed by atoms with van der Waals surface area (Å²) in [6.07, 6.45) is 0. The number of hydrogen-bond acceptors (Lipinski definition) is 4. The number of nitrogens with zero attached hydrogens (tertiary/aromatic N) is 2. The van der Waals surface area contributed by atoms with Gasteiger partial charge in [0.05, 0.1) is 28.9 Å². The topological polar surface area (TPSA) is 49.9 Å². The Morgan fingerprint density at radius 2 is 1.90 bits per heavy atom. The molecule has 1 aromatic carbocycles. The second-order valence-corrected chi connectivity index (χ2v) is 5.88. The van der Waals surface area contributed by atoms with Crippen LogP contribution in [0.5, 0.6) is 0 Å². The Kier molecular flexibility index (Phi) is 4.05. The van der Waals surface area contributed by atoms with Gasteiger partial charge in [-0.3, -0.25) is 14.5 Å². The fourth-order valence-corrected chi connectivity index (χ4v) is 2.92. The third kappa shape index (κ3) is 2.73. The van der Waals surface area contributed by atoms with Crippen LogP contribution in [0, 0.1) is 5.82 Å². The van der Waals surface area contributed by atoms with Gasteiger partial charge in [0.25, 0.3) is 11.7 Å². The van der Waals surface area contributed by atoms with E-state index in [4.69, 9.17) is 4.74 Å². The summed E-state index contributed by atoms with van der Waals surface area (Å²) in [5, 5.41) is 0. The first-order valence-electron chi connectivity index (χ1n) is 6.73. The van der Waals surface area contributed by atoms with E-state index in [0.29, 0.717) is 32.0 Å². The zero-order chi connectivity index (χ0) is 15.0. The van der Waals surface area contributed by atoms with Gasteiger partial charge < -0.3 is 9.64 Å². The zero-order valence-corrected chi connectivity index (χ0v) is 12.9. The van der Waals surface area contributed by atoms with Gasteiger partial charge in [-0.25, -0.2) is 4.39 Å². The standard InChI is InChI=1S/C14H14BrFN2O3/c15-10-7-9-12(8-11(10)16)18(14(20)13(9)19)2-1-17-3-5-21-6-4-17/h7-8H,1-6H2. The van der Waals surface area contributed by atoms with Gasteiger partial charge in [0.1, 0.15) is 5.82 Å². The fraction of sp³-hybridized carbons (Fsp3) is 0.429. The van der Waals surface area contributed by atoms with Gasteiger partial charge in [0, 0.05) is 26.2 Å². The van der Waals surface area contributed by atoms with Crippen molar-refractivity contribution in [3.05, 3.63) is 28.0 Å². The van der Waals surface area contributed by atoms with Gasteiger partial charge >= 0.3 is 0 Å². The van der Waals surface area contributed by atoms with Crippen LogP contribution < -0.4 is 4.90 Å². The molecule has 0 aromatic heterocycles. The highest BCUT2D eigenvalue weighted by Crippen LogP contribution is 2.33. The molecule has 1 saturated heterocycles. The second kappa shape index (κ2) is 5.82. The van der Waals surface area contributed by atoms with Crippen LogP contribution in [0.2, 0.25) is 0 Å². The van der Waals surface area contributed by atoms with Crippen LogP contribution >= 0.6 is 15.9 Å². The Labute approximate surface area is 129 Å². The van der Waals surface area contributed by atoms with E-state index in [9.17, 15) is 14.0 Å². The molecule has 0 aliphatic carbocycles. The average molecular weight is 357 g/mol. The molecule has 1 fully saturated rings. The third-order valence-electron chi connectivity index (χ3n) is 3.76. The number of hydrogen-bond donors (Lipinski definition) is 0. The molecule has 3 rings (SSSR count). The number of amides is 1. The molecule has 0 saturated carbocycles. The lowest BCUT2D eigenvalue weighted by Gasteiger charge is -2.28. The molecule has 0 radical (unpaired) electrons. The minimum atomic E-state index is -0.587. The zero-order valence-electron chi connectivity index (χ0n) is 11.3. The fourth-order valence-electron chi connectivity index (χ4n) is 2.58. The lowest BCUT2D eigenvalue weighted by atomic mass is 10.1. The molecule has 0 bridgehead atoms. The number of ether oxygens (including phenoxy) is 1. The molecule has 5 nitrogen and oxygen atoms in total. The van der Waals surface area contributed by atoms with Crippen molar-refractivity contribution < 1.29 is 18.7 Å². The van der Waals surface area contributed by atoms with Crippen LogP contribution in [-0.2, 0) is 9.53 Å². The molecule has 2 aliphatic heterocycles. The van der Waals surface area contributed by atoms with Crippen molar-refractivity contribution in [1.82, 2.24) is 4.90 Å². The van der Waals surface area contributed by atoms with E-state index < -0.39 is 17.5 Å². The molecule has 21 heavy (non-hydrogen) atoms. The van der Waals surface area contributed by atoms with Crippen molar-refractivity contribution >= 4 is 33.3 Å². The monoisotopic (exact) mass is 356 g/mol. The van der Waals surface area contributed by atoms with Crippen LogP contribution in [0.15, 0.2) is 16.6 Å². The van der Waals surface area contributed by atoms with E-state index in [0.717, 1.165) is 13.1 Å². The predicted molar refractivity (Wildman–Crippen MR) is 78.0 cm³/mol. The third-order valence-corrected chi connectivity index (χ3v) is 4.36. The van der Waals surface area contributed by atoms with E-state index in [1.54, 1.807) is 0 Å². The van der Waals surface area contributed by atoms with E-state index >= 15 is 0 Å². The molecular formula is C14H14BrFN2O3. The maximum absolute atomic E-state index is 13.7. The van der Waals surface area contributed by atoms with E-state index in [1.165, 1.54) is 17.0 Å². The number of benzene rings is 1. The molecule has 0 atom stereocenters. The minimum absolute atomic E-state index is 0.192. The summed E-state index contributed by atoms with van der Waals surface area (Å²) in [5.74, 6) is -1.64. The molecule has 0 unspecified atom stereocenters. The summed E-state index contributed by atoms with van der Waals surface area (Å²) in [4.78, 5) is 27.5. The van der Waals surface area contributed by atoms with Crippen LogP contribution in [0.3, 0.4) is 0 Å². The predicted octanol–water partition coefficient (Wildman–Crippen LogP) is 1.45. The quantitative estimate of drug-likeness (QED) is 0.769. The Balaban J connectivity index is 1.78. The first-order chi connectivity index (χ1) is 10.1. The van der Waals surface area contributed by atoms with Gasteiger partial charge in [-0.2, -0.15) is 0 Å². The molecule has 7 heteroatoms. The van der Waals surface area contributed by atoms with Gasteiger partial charge in [-0.15, -0.1) is 0 Å². The lowest BCUT2D eigenvalue weighted by molar-refractivity contribution is -0.114. The Morgan fingerprint density at radius 3 is 2.62 bits per heavy atom. The van der Waals surface area contributed by atoms with Crippen molar-refractivity contribution in [1.29, 1.82) is 0 Å². The van der Waals surface area contributed by atoms with Crippen molar-refractivity contribution in [3.8, 4) is 0 Å². The Hall–Kier alpha value is -1.31. The molecule has 0 spiro atoms. The molecular weight excluding hydrogens is 343 g/mol. The maximum atomic E-state index is 13.7. The number of morpholine rings is 1.